The van der Waals surface area contributed by atoms with E-state index in [1.807, 2.05) is 0 Å². The second-order valence-electron chi connectivity index (χ2n) is 4.78. The quantitative estimate of drug-likeness (QED) is 0.385. The van der Waals surface area contributed by atoms with Crippen LogP contribution in [0.5, 0.6) is 5.75 Å². The topological polar surface area (TPSA) is 105 Å². The van der Waals surface area contributed by atoms with Gasteiger partial charge in [-0.25, -0.2) is 13.9 Å². The van der Waals surface area contributed by atoms with E-state index in [9.17, 15) is 13.2 Å². The van der Waals surface area contributed by atoms with Crippen LogP contribution >= 0.6 is 0 Å². The molecule has 7 nitrogen and oxygen atoms in total. The van der Waals surface area contributed by atoms with Crippen LogP contribution in [0.3, 0.4) is 0 Å². The minimum atomic E-state index is -3.91. The molecule has 3 N–H and O–H groups in total. The van der Waals surface area contributed by atoms with Crippen LogP contribution in [-0.2, 0) is 14.8 Å². The molecule has 0 aliphatic carbocycles. The van der Waals surface area contributed by atoms with Crippen LogP contribution in [0.4, 0.5) is 0 Å². The second-order valence-corrected chi connectivity index (χ2v) is 6.50. The maximum absolute atomic E-state index is 12.2. The maximum atomic E-state index is 12.2. The molecule has 1 unspecified atom stereocenters. The van der Waals surface area contributed by atoms with E-state index in [1.54, 1.807) is 13.8 Å². The number of hydroxylamine groups is 1. The minimum Gasteiger partial charge on any atom is -0.481 e. The van der Waals surface area contributed by atoms with Gasteiger partial charge in [0, 0.05) is 0 Å². The number of hydrogen-bond acceptors (Lipinski definition) is 5. The van der Waals surface area contributed by atoms with Gasteiger partial charge in [0.15, 0.2) is 0 Å². The zero-order valence-corrected chi connectivity index (χ0v) is 13.1. The lowest BCUT2D eigenvalue weighted by Gasteiger charge is -2.20. The summed E-state index contributed by atoms with van der Waals surface area (Å²) in [5.74, 6) is 1.56. The van der Waals surface area contributed by atoms with Gasteiger partial charge < -0.3 is 4.74 Å². The number of sulfonamides is 1. The van der Waals surface area contributed by atoms with Crippen molar-refractivity contribution in [3.05, 3.63) is 24.3 Å². The first-order valence-corrected chi connectivity index (χ1v) is 7.92. The lowest BCUT2D eigenvalue weighted by atomic mass is 10.1. The van der Waals surface area contributed by atoms with E-state index >= 15 is 0 Å². The minimum absolute atomic E-state index is 0.0306. The van der Waals surface area contributed by atoms with Gasteiger partial charge in [-0.2, -0.15) is 4.72 Å². The number of hydrogen-bond donors (Lipinski definition) is 3. The zero-order valence-electron chi connectivity index (χ0n) is 12.2. The van der Waals surface area contributed by atoms with E-state index in [1.165, 1.54) is 29.7 Å². The smallest absolute Gasteiger partial charge is 0.261 e. The van der Waals surface area contributed by atoms with Crippen molar-refractivity contribution in [1.29, 1.82) is 0 Å². The number of benzene rings is 1. The van der Waals surface area contributed by atoms with Crippen molar-refractivity contribution >= 4 is 15.9 Å². The Morgan fingerprint density at radius 2 is 1.95 bits per heavy atom. The van der Waals surface area contributed by atoms with Crippen LogP contribution < -0.4 is 14.9 Å². The van der Waals surface area contributed by atoms with Gasteiger partial charge in [0.25, 0.3) is 5.91 Å². The number of rotatable bonds is 7. The van der Waals surface area contributed by atoms with E-state index in [4.69, 9.17) is 16.4 Å². The molecule has 120 valence electrons. The summed E-state index contributed by atoms with van der Waals surface area (Å²) in [4.78, 5) is 11.5. The van der Waals surface area contributed by atoms with Crippen molar-refractivity contribution in [3.63, 3.8) is 0 Å². The third-order valence-electron chi connectivity index (χ3n) is 2.80. The molecule has 0 bridgehead atoms. The predicted octanol–water partition coefficient (Wildman–Crippen LogP) is 0.507. The molecule has 0 aliphatic rings. The summed E-state index contributed by atoms with van der Waals surface area (Å²) in [5, 5.41) is 8.67. The van der Waals surface area contributed by atoms with Gasteiger partial charge in [-0.05, 0) is 30.2 Å². The Hall–Kier alpha value is -2.08. The fraction of sp³-hybridized carbons (Fsp3) is 0.357. The highest BCUT2D eigenvalue weighted by molar-refractivity contribution is 7.89. The lowest BCUT2D eigenvalue weighted by Crippen LogP contribution is -2.48. The third-order valence-corrected chi connectivity index (χ3v) is 4.25. The Morgan fingerprint density at radius 1 is 1.36 bits per heavy atom. The van der Waals surface area contributed by atoms with Gasteiger partial charge >= 0.3 is 0 Å². The Kier molecular flexibility index (Phi) is 6.37. The molecule has 0 aliphatic heterocycles. The van der Waals surface area contributed by atoms with Gasteiger partial charge in [0.1, 0.15) is 18.4 Å². The molecule has 8 heteroatoms. The normalized spacial score (nSPS) is 12.5. The van der Waals surface area contributed by atoms with E-state index in [2.05, 4.69) is 10.6 Å². The van der Waals surface area contributed by atoms with Gasteiger partial charge in [0.05, 0.1) is 4.90 Å². The van der Waals surface area contributed by atoms with Gasteiger partial charge in [-0.15, -0.1) is 6.42 Å². The lowest BCUT2D eigenvalue weighted by molar-refractivity contribution is -0.131. The van der Waals surface area contributed by atoms with Crippen molar-refractivity contribution in [2.45, 2.75) is 24.8 Å². The maximum Gasteiger partial charge on any atom is 0.261 e. The Bertz CT molecular complexity index is 647. The van der Waals surface area contributed by atoms with Crippen molar-refractivity contribution in [3.8, 4) is 18.1 Å². The summed E-state index contributed by atoms with van der Waals surface area (Å²) in [5.41, 5.74) is 1.45. The summed E-state index contributed by atoms with van der Waals surface area (Å²) in [6.07, 6.45) is 5.06. The van der Waals surface area contributed by atoms with Crippen molar-refractivity contribution in [1.82, 2.24) is 10.2 Å². The van der Waals surface area contributed by atoms with Crippen LogP contribution in [0.15, 0.2) is 29.2 Å². The molecule has 1 aromatic rings. The van der Waals surface area contributed by atoms with Crippen molar-refractivity contribution in [2.75, 3.05) is 6.61 Å². The summed E-state index contributed by atoms with van der Waals surface area (Å²) < 4.78 is 31.9. The van der Waals surface area contributed by atoms with Crippen LogP contribution in [-0.4, -0.2) is 32.2 Å². The third kappa shape index (κ3) is 4.73. The first kappa shape index (κ1) is 18.0. The molecule has 0 spiro atoms. The first-order chi connectivity index (χ1) is 10.3. The molecule has 0 saturated carbocycles. The Balaban J connectivity index is 2.94. The molecule has 1 aromatic carbocycles. The van der Waals surface area contributed by atoms with E-state index < -0.39 is 22.0 Å². The molecule has 1 rings (SSSR count). The van der Waals surface area contributed by atoms with E-state index in [0.717, 1.165) is 0 Å². The molecular weight excluding hydrogens is 308 g/mol. The largest absolute Gasteiger partial charge is 0.481 e. The first-order valence-electron chi connectivity index (χ1n) is 6.44. The van der Waals surface area contributed by atoms with Crippen LogP contribution in [0.25, 0.3) is 0 Å². The molecule has 0 aromatic heterocycles. The van der Waals surface area contributed by atoms with E-state index in [-0.39, 0.29) is 17.4 Å². The second kappa shape index (κ2) is 7.79. The predicted molar refractivity (Wildman–Crippen MR) is 79.6 cm³/mol. The summed E-state index contributed by atoms with van der Waals surface area (Å²) in [6.45, 7) is 3.38. The molecule has 1 amide bonds. The summed E-state index contributed by atoms with van der Waals surface area (Å²) >= 11 is 0. The number of carbonyl (C=O) groups is 1. The number of carbonyl (C=O) groups excluding carboxylic acids is 1. The monoisotopic (exact) mass is 326 g/mol. The van der Waals surface area contributed by atoms with Crippen LogP contribution in [0, 0.1) is 18.3 Å². The fourth-order valence-electron chi connectivity index (χ4n) is 1.64. The van der Waals surface area contributed by atoms with Gasteiger partial charge in [-0.3, -0.25) is 10.0 Å². The summed E-state index contributed by atoms with van der Waals surface area (Å²) in [6, 6.07) is 4.50. The van der Waals surface area contributed by atoms with Gasteiger partial charge in [-0.1, -0.05) is 19.8 Å². The highest BCUT2D eigenvalue weighted by Crippen LogP contribution is 2.17. The van der Waals surface area contributed by atoms with Crippen LogP contribution in [0.1, 0.15) is 13.8 Å². The van der Waals surface area contributed by atoms with Gasteiger partial charge in [0.2, 0.25) is 10.0 Å². The van der Waals surface area contributed by atoms with Crippen LogP contribution in [0.2, 0.25) is 0 Å². The molecule has 22 heavy (non-hydrogen) atoms. The molecular formula is C14H18N2O5S. The number of nitrogens with one attached hydrogen (secondary N) is 2. The Labute approximate surface area is 129 Å². The highest BCUT2D eigenvalue weighted by Gasteiger charge is 2.28. The standard InChI is InChI=1S/C14H18N2O5S/c1-4-9-21-11-5-7-12(8-6-11)22(19,20)16-13(10(2)3)14(17)15-18/h1,5-8,10,13,16,18H,9H2,2-3H3,(H,15,17). The average molecular weight is 326 g/mol. The molecule has 0 fully saturated rings. The zero-order chi connectivity index (χ0) is 16.8. The fourth-order valence-corrected chi connectivity index (χ4v) is 2.98. The molecule has 0 saturated heterocycles. The SMILES string of the molecule is C#CCOc1ccc(S(=O)(=O)NC(C(=O)NO)C(C)C)cc1. The van der Waals surface area contributed by atoms with E-state index in [0.29, 0.717) is 5.75 Å². The Morgan fingerprint density at radius 3 is 2.41 bits per heavy atom. The number of terminal acetylenes is 1. The molecule has 0 heterocycles. The number of ether oxygens (including phenoxy) is 1. The molecule has 0 radical (unpaired) electrons. The van der Waals surface area contributed by atoms with Crippen molar-refractivity contribution in [2.24, 2.45) is 5.92 Å². The highest BCUT2D eigenvalue weighted by atomic mass is 32.2. The average Bonchev–Trinajstić information content (AvgIpc) is 2.50. The molecule has 1 atom stereocenters. The summed E-state index contributed by atoms with van der Waals surface area (Å²) in [7, 11) is -3.91. The van der Waals surface area contributed by atoms with Crippen molar-refractivity contribution < 1.29 is 23.2 Å². The number of amides is 1.